The van der Waals surface area contributed by atoms with Crippen molar-refractivity contribution in [3.63, 3.8) is 0 Å². The molecule has 0 saturated carbocycles. The van der Waals surface area contributed by atoms with Crippen LogP contribution in [0.5, 0.6) is 5.88 Å². The molecule has 0 bridgehead atoms. The summed E-state index contributed by atoms with van der Waals surface area (Å²) < 4.78 is 12.6. The normalized spacial score (nSPS) is 11.3. The second kappa shape index (κ2) is 8.90. The maximum atomic E-state index is 13.2. The van der Waals surface area contributed by atoms with Crippen LogP contribution in [0.4, 0.5) is 4.79 Å². The molecule has 4 rings (SSSR count). The van der Waals surface area contributed by atoms with E-state index in [1.165, 1.54) is 17.7 Å². The Labute approximate surface area is 196 Å². The van der Waals surface area contributed by atoms with E-state index in [2.05, 4.69) is 10.2 Å². The minimum Gasteiger partial charge on any atom is -0.479 e. The van der Waals surface area contributed by atoms with Crippen LogP contribution >= 0.6 is 0 Å². The Morgan fingerprint density at radius 3 is 2.24 bits per heavy atom. The number of hydrogen-bond donors (Lipinski definition) is 0. The number of para-hydroxylation sites is 1. The van der Waals surface area contributed by atoms with Gasteiger partial charge < -0.3 is 9.47 Å². The monoisotopic (exact) mass is 457 g/mol. The fourth-order valence-electron chi connectivity index (χ4n) is 3.67. The molecular weight excluding hydrogens is 434 g/mol. The van der Waals surface area contributed by atoms with E-state index in [9.17, 15) is 14.4 Å². The number of rotatable bonds is 5. The number of benzene rings is 2. The molecule has 0 spiro atoms. The number of aldehydes is 2. The highest BCUT2D eigenvalue weighted by molar-refractivity contribution is 5.97. The summed E-state index contributed by atoms with van der Waals surface area (Å²) in [5.41, 5.74) is 2.57. The molecule has 2 heterocycles. The van der Waals surface area contributed by atoms with Gasteiger partial charge in [0.15, 0.2) is 0 Å². The molecule has 8 nitrogen and oxygen atoms in total. The summed E-state index contributed by atoms with van der Waals surface area (Å²) >= 11 is 0. The summed E-state index contributed by atoms with van der Waals surface area (Å²) in [6, 6.07) is 15.7. The van der Waals surface area contributed by atoms with Crippen LogP contribution in [0.1, 0.15) is 41.5 Å². The van der Waals surface area contributed by atoms with Crippen molar-refractivity contribution in [3.8, 4) is 28.4 Å². The summed E-state index contributed by atoms with van der Waals surface area (Å²) in [5.74, 6) is 0.207. The maximum Gasteiger partial charge on any atom is 0.419 e. The van der Waals surface area contributed by atoms with E-state index in [-0.39, 0.29) is 5.88 Å². The zero-order valence-electron chi connectivity index (χ0n) is 19.2. The summed E-state index contributed by atoms with van der Waals surface area (Å²) in [6.45, 7) is 5.40. The summed E-state index contributed by atoms with van der Waals surface area (Å²) in [4.78, 5) is 35.9. The van der Waals surface area contributed by atoms with Crippen LogP contribution in [0.3, 0.4) is 0 Å². The zero-order chi connectivity index (χ0) is 24.5. The highest BCUT2D eigenvalue weighted by atomic mass is 16.6. The number of methoxy groups -OCH3 is 1. The zero-order valence-corrected chi connectivity index (χ0v) is 19.2. The lowest BCUT2D eigenvalue weighted by Gasteiger charge is -2.21. The highest BCUT2D eigenvalue weighted by Gasteiger charge is 2.25. The first kappa shape index (κ1) is 22.8. The molecule has 0 N–H and O–H groups in total. The van der Waals surface area contributed by atoms with E-state index in [1.54, 1.807) is 39.0 Å². The third kappa shape index (κ3) is 4.43. The molecule has 34 heavy (non-hydrogen) atoms. The summed E-state index contributed by atoms with van der Waals surface area (Å²) in [6.07, 6.45) is 0.777. The number of fused-ring (bicyclic) bond motifs is 1. The van der Waals surface area contributed by atoms with Crippen molar-refractivity contribution in [3.05, 3.63) is 65.7 Å². The molecule has 0 radical (unpaired) electrons. The minimum absolute atomic E-state index is 0.207. The summed E-state index contributed by atoms with van der Waals surface area (Å²) in [5, 5.41) is 9.23. The van der Waals surface area contributed by atoms with Gasteiger partial charge in [-0.15, -0.1) is 10.2 Å². The van der Waals surface area contributed by atoms with Gasteiger partial charge in [-0.3, -0.25) is 9.59 Å². The Morgan fingerprint density at radius 1 is 0.941 bits per heavy atom. The van der Waals surface area contributed by atoms with E-state index in [1.807, 2.05) is 30.3 Å². The van der Waals surface area contributed by atoms with Crippen molar-refractivity contribution in [1.29, 1.82) is 0 Å². The van der Waals surface area contributed by atoms with E-state index < -0.39 is 11.7 Å². The molecular formula is C26H23N3O5. The molecule has 0 atom stereocenters. The van der Waals surface area contributed by atoms with E-state index in [0.29, 0.717) is 51.7 Å². The maximum absolute atomic E-state index is 13.2. The fraction of sp³-hybridized carbons (Fsp3) is 0.192. The first-order chi connectivity index (χ1) is 16.2. The first-order valence-electron chi connectivity index (χ1n) is 10.6. The lowest BCUT2D eigenvalue weighted by Crippen LogP contribution is -2.27. The second-order valence-electron chi connectivity index (χ2n) is 8.68. The van der Waals surface area contributed by atoms with Crippen LogP contribution in [0.15, 0.2) is 54.6 Å². The standard InChI is InChI=1S/C26H23N3O5/c1-26(2,3)34-25(32)29-22-8-6-5-7-18(22)12-23(29)20-13-21(27-28-24(20)33-4)19-10-16(14-30)9-17(11-19)15-31/h5-15H,1-4H3. The predicted octanol–water partition coefficient (Wildman–Crippen LogP) is 5.18. The Hall–Kier alpha value is -4.33. The van der Waals surface area contributed by atoms with E-state index in [4.69, 9.17) is 9.47 Å². The molecule has 0 unspecified atom stereocenters. The molecule has 0 fully saturated rings. The number of nitrogens with zero attached hydrogens (tertiary/aromatic N) is 3. The molecule has 0 aliphatic heterocycles. The molecule has 0 saturated heterocycles. The van der Waals surface area contributed by atoms with Gasteiger partial charge >= 0.3 is 6.09 Å². The topological polar surface area (TPSA) is 100 Å². The molecule has 0 aliphatic rings. The van der Waals surface area contributed by atoms with Crippen LogP contribution in [0.2, 0.25) is 0 Å². The van der Waals surface area contributed by atoms with Crippen LogP contribution in [0.25, 0.3) is 33.4 Å². The lowest BCUT2D eigenvalue weighted by molar-refractivity contribution is 0.0547. The molecule has 8 heteroatoms. The van der Waals surface area contributed by atoms with Crippen molar-refractivity contribution < 1.29 is 23.9 Å². The van der Waals surface area contributed by atoms with E-state index >= 15 is 0 Å². The molecule has 0 amide bonds. The quantitative estimate of drug-likeness (QED) is 0.381. The van der Waals surface area contributed by atoms with Crippen LogP contribution in [0, 0.1) is 0 Å². The van der Waals surface area contributed by atoms with Crippen molar-refractivity contribution in [2.75, 3.05) is 7.11 Å². The third-order valence-electron chi connectivity index (χ3n) is 5.06. The Bertz CT molecular complexity index is 1390. The predicted molar refractivity (Wildman–Crippen MR) is 127 cm³/mol. The van der Waals surface area contributed by atoms with Gasteiger partial charge in [0.2, 0.25) is 5.88 Å². The number of aromatic nitrogens is 3. The first-order valence-corrected chi connectivity index (χ1v) is 10.6. The second-order valence-corrected chi connectivity index (χ2v) is 8.68. The summed E-state index contributed by atoms with van der Waals surface area (Å²) in [7, 11) is 1.46. The SMILES string of the molecule is COc1nnc(-c2cc(C=O)cc(C=O)c2)cc1-c1cc2ccccc2n1C(=O)OC(C)(C)C. The van der Waals surface area contributed by atoms with Crippen molar-refractivity contribution in [2.24, 2.45) is 0 Å². The van der Waals surface area contributed by atoms with Crippen LogP contribution in [-0.2, 0) is 4.74 Å². The largest absolute Gasteiger partial charge is 0.479 e. The van der Waals surface area contributed by atoms with Gasteiger partial charge in [0.25, 0.3) is 0 Å². The number of carbonyl (C=O) groups is 3. The van der Waals surface area contributed by atoms with Gasteiger partial charge in [0.05, 0.1) is 29.6 Å². The average Bonchev–Trinajstić information content (AvgIpc) is 3.21. The lowest BCUT2D eigenvalue weighted by atomic mass is 10.0. The van der Waals surface area contributed by atoms with Gasteiger partial charge in [-0.05, 0) is 57.2 Å². The number of ether oxygens (including phenoxy) is 2. The molecule has 4 aromatic rings. The number of carbonyl (C=O) groups excluding carboxylic acids is 3. The molecule has 2 aromatic heterocycles. The van der Waals surface area contributed by atoms with E-state index in [0.717, 1.165) is 5.39 Å². The van der Waals surface area contributed by atoms with Gasteiger partial charge in [0.1, 0.15) is 18.2 Å². The Balaban J connectivity index is 1.96. The Morgan fingerprint density at radius 2 is 1.62 bits per heavy atom. The van der Waals surface area contributed by atoms with Crippen molar-refractivity contribution >= 4 is 29.6 Å². The minimum atomic E-state index is -0.702. The fourth-order valence-corrected chi connectivity index (χ4v) is 3.67. The van der Waals surface area contributed by atoms with Gasteiger partial charge in [0, 0.05) is 22.1 Å². The van der Waals surface area contributed by atoms with Crippen molar-refractivity contribution in [2.45, 2.75) is 26.4 Å². The molecule has 2 aromatic carbocycles. The van der Waals surface area contributed by atoms with Crippen LogP contribution in [-0.4, -0.2) is 46.1 Å². The molecule has 0 aliphatic carbocycles. The average molecular weight is 457 g/mol. The number of hydrogen-bond acceptors (Lipinski definition) is 7. The van der Waals surface area contributed by atoms with Gasteiger partial charge in [-0.1, -0.05) is 18.2 Å². The third-order valence-corrected chi connectivity index (χ3v) is 5.06. The highest BCUT2D eigenvalue weighted by Crippen LogP contribution is 2.35. The Kier molecular flexibility index (Phi) is 5.98. The van der Waals surface area contributed by atoms with Crippen molar-refractivity contribution in [1.82, 2.24) is 14.8 Å². The van der Waals surface area contributed by atoms with Crippen LogP contribution < -0.4 is 4.74 Å². The molecule has 172 valence electrons. The smallest absolute Gasteiger partial charge is 0.419 e. The van der Waals surface area contributed by atoms with Gasteiger partial charge in [-0.25, -0.2) is 9.36 Å². The van der Waals surface area contributed by atoms with Gasteiger partial charge in [-0.2, -0.15) is 0 Å².